The lowest BCUT2D eigenvalue weighted by molar-refractivity contribution is -0.144. The zero-order valence-corrected chi connectivity index (χ0v) is 13.1. The zero-order valence-electron chi connectivity index (χ0n) is 12.3. The number of fused-ring (bicyclic) bond motifs is 1. The Hall–Kier alpha value is -1.55. The minimum atomic E-state index is -0.284. The third kappa shape index (κ3) is 2.53. The third-order valence-corrected chi connectivity index (χ3v) is 4.72. The van der Waals surface area contributed by atoms with Gasteiger partial charge < -0.3 is 9.30 Å². The van der Waals surface area contributed by atoms with Gasteiger partial charge >= 0.3 is 5.97 Å². The number of imidazole rings is 1. The number of ether oxygens (including phenoxy) is 1. The maximum absolute atomic E-state index is 12.3. The molecule has 1 fully saturated rings. The number of aryl methyl sites for hydroxylation is 1. The van der Waals surface area contributed by atoms with E-state index in [1.165, 1.54) is 20.0 Å². The monoisotopic (exact) mass is 306 g/mol. The molecular weight excluding hydrogens is 288 g/mol. The van der Waals surface area contributed by atoms with Crippen molar-refractivity contribution in [3.8, 4) is 0 Å². The quantitative estimate of drug-likeness (QED) is 0.813. The van der Waals surface area contributed by atoms with Crippen molar-refractivity contribution in [2.24, 2.45) is 13.0 Å². The highest BCUT2D eigenvalue weighted by Gasteiger charge is 2.36. The van der Waals surface area contributed by atoms with Crippen molar-refractivity contribution in [3.05, 3.63) is 29.0 Å². The van der Waals surface area contributed by atoms with Crippen LogP contribution >= 0.6 is 11.6 Å². The van der Waals surface area contributed by atoms with E-state index < -0.39 is 0 Å². The largest absolute Gasteiger partial charge is 0.468 e. The number of benzene rings is 1. The molecule has 3 rings (SSSR count). The number of halogens is 1. The highest BCUT2D eigenvalue weighted by molar-refractivity contribution is 6.31. The molecule has 1 aromatic heterocycles. The number of rotatable bonds is 3. The third-order valence-electron chi connectivity index (χ3n) is 4.48. The molecule has 112 valence electrons. The Morgan fingerprint density at radius 2 is 2.14 bits per heavy atom. The van der Waals surface area contributed by atoms with Crippen LogP contribution in [-0.4, -0.2) is 22.6 Å². The Bertz CT molecular complexity index is 674. The second-order valence-electron chi connectivity index (χ2n) is 5.71. The average Bonchev–Trinajstić information content (AvgIpc) is 3.10. The van der Waals surface area contributed by atoms with Crippen molar-refractivity contribution in [2.45, 2.75) is 31.6 Å². The Morgan fingerprint density at radius 3 is 2.81 bits per heavy atom. The summed E-state index contributed by atoms with van der Waals surface area (Å²) in [5.74, 6) is 0.634. The average molecular weight is 307 g/mol. The summed E-state index contributed by atoms with van der Waals surface area (Å²) in [6, 6.07) is 5.60. The van der Waals surface area contributed by atoms with E-state index in [1.54, 1.807) is 0 Å². The molecule has 5 heteroatoms. The zero-order chi connectivity index (χ0) is 15.0. The number of aromatic nitrogens is 2. The van der Waals surface area contributed by atoms with Crippen LogP contribution in [0.2, 0.25) is 5.02 Å². The van der Waals surface area contributed by atoms with Gasteiger partial charge in [-0.3, -0.25) is 4.79 Å². The maximum Gasteiger partial charge on any atom is 0.316 e. The maximum atomic E-state index is 12.3. The van der Waals surface area contributed by atoms with Gasteiger partial charge in [0, 0.05) is 12.1 Å². The van der Waals surface area contributed by atoms with Crippen molar-refractivity contribution in [3.63, 3.8) is 0 Å². The lowest BCUT2D eigenvalue weighted by Crippen LogP contribution is -2.24. The van der Waals surface area contributed by atoms with E-state index in [2.05, 4.69) is 4.98 Å². The molecule has 1 saturated carbocycles. The lowest BCUT2D eigenvalue weighted by atomic mass is 9.90. The first-order chi connectivity index (χ1) is 10.1. The number of esters is 1. The summed E-state index contributed by atoms with van der Waals surface area (Å²) in [5.41, 5.74) is 1.81. The summed E-state index contributed by atoms with van der Waals surface area (Å²) < 4.78 is 7.01. The van der Waals surface area contributed by atoms with Gasteiger partial charge in [0.15, 0.2) is 0 Å². The van der Waals surface area contributed by atoms with E-state index in [4.69, 9.17) is 16.3 Å². The van der Waals surface area contributed by atoms with Gasteiger partial charge in [0.1, 0.15) is 11.7 Å². The van der Waals surface area contributed by atoms with Crippen molar-refractivity contribution >= 4 is 28.6 Å². The van der Waals surface area contributed by atoms with Gasteiger partial charge in [-0.05, 0) is 37.0 Å². The number of methoxy groups -OCH3 is 1. The minimum absolute atomic E-state index is 0.189. The molecule has 1 aliphatic rings. The fourth-order valence-corrected chi connectivity index (χ4v) is 3.55. The van der Waals surface area contributed by atoms with Crippen LogP contribution in [0.4, 0.5) is 0 Å². The van der Waals surface area contributed by atoms with Crippen LogP contribution in [0.3, 0.4) is 0 Å². The van der Waals surface area contributed by atoms with E-state index in [0.29, 0.717) is 10.9 Å². The second kappa shape index (κ2) is 5.68. The smallest absolute Gasteiger partial charge is 0.316 e. The molecule has 2 aromatic rings. The van der Waals surface area contributed by atoms with E-state index in [9.17, 15) is 4.79 Å². The fourth-order valence-electron chi connectivity index (χ4n) is 3.39. The van der Waals surface area contributed by atoms with Crippen LogP contribution in [0.15, 0.2) is 18.2 Å². The van der Waals surface area contributed by atoms with Crippen LogP contribution in [0.1, 0.15) is 37.4 Å². The van der Waals surface area contributed by atoms with Gasteiger partial charge in [-0.25, -0.2) is 4.98 Å². The molecule has 1 aliphatic carbocycles. The molecular formula is C16H19ClN2O2. The highest BCUT2D eigenvalue weighted by Crippen LogP contribution is 2.38. The van der Waals surface area contributed by atoms with Crippen LogP contribution in [-0.2, 0) is 16.6 Å². The molecule has 4 nitrogen and oxygen atoms in total. The van der Waals surface area contributed by atoms with Crippen LogP contribution in [0, 0.1) is 5.92 Å². The van der Waals surface area contributed by atoms with Gasteiger partial charge in [0.05, 0.1) is 18.1 Å². The molecule has 0 aliphatic heterocycles. The fraction of sp³-hybridized carbons (Fsp3) is 0.500. The Labute approximate surface area is 129 Å². The number of hydrogen-bond donors (Lipinski definition) is 0. The van der Waals surface area contributed by atoms with Gasteiger partial charge in [-0.1, -0.05) is 24.4 Å². The minimum Gasteiger partial charge on any atom is -0.468 e. The van der Waals surface area contributed by atoms with Crippen LogP contribution in [0.25, 0.3) is 11.0 Å². The summed E-state index contributed by atoms with van der Waals surface area (Å²) >= 11 is 6.06. The van der Waals surface area contributed by atoms with Crippen molar-refractivity contribution in [1.82, 2.24) is 9.55 Å². The summed E-state index contributed by atoms with van der Waals surface area (Å²) in [4.78, 5) is 17.0. The highest BCUT2D eigenvalue weighted by atomic mass is 35.5. The molecule has 1 heterocycles. The normalized spacial score (nSPS) is 17.3. The van der Waals surface area contributed by atoms with Gasteiger partial charge in [0.25, 0.3) is 0 Å². The van der Waals surface area contributed by atoms with Crippen LogP contribution in [0.5, 0.6) is 0 Å². The standard InChI is InChI=1S/C16H19ClN2O2/c1-19-13-9-11(17)7-8-12(13)18-15(19)14(16(20)21-2)10-5-3-4-6-10/h7-10,14H,3-6H2,1-2H3. The molecule has 1 unspecified atom stereocenters. The van der Waals surface area contributed by atoms with Crippen molar-refractivity contribution in [2.75, 3.05) is 7.11 Å². The molecule has 0 amide bonds. The van der Waals surface area contributed by atoms with Gasteiger partial charge in [-0.15, -0.1) is 0 Å². The summed E-state index contributed by atoms with van der Waals surface area (Å²) in [6.07, 6.45) is 4.47. The summed E-state index contributed by atoms with van der Waals surface area (Å²) in [6.45, 7) is 0. The number of carbonyl (C=O) groups is 1. The number of nitrogens with zero attached hydrogens (tertiary/aromatic N) is 2. The molecule has 0 spiro atoms. The summed E-state index contributed by atoms with van der Waals surface area (Å²) in [7, 11) is 3.38. The molecule has 0 radical (unpaired) electrons. The number of carbonyl (C=O) groups excluding carboxylic acids is 1. The first-order valence-electron chi connectivity index (χ1n) is 7.31. The van der Waals surface area contributed by atoms with Gasteiger partial charge in [0.2, 0.25) is 0 Å². The number of hydrogen-bond acceptors (Lipinski definition) is 3. The first-order valence-corrected chi connectivity index (χ1v) is 7.69. The molecule has 1 atom stereocenters. The Balaban J connectivity index is 2.10. The molecule has 21 heavy (non-hydrogen) atoms. The Morgan fingerprint density at radius 1 is 1.43 bits per heavy atom. The molecule has 0 bridgehead atoms. The van der Waals surface area contributed by atoms with Gasteiger partial charge in [-0.2, -0.15) is 0 Å². The molecule has 1 aromatic carbocycles. The lowest BCUT2D eigenvalue weighted by Gasteiger charge is -2.20. The van der Waals surface area contributed by atoms with Crippen LogP contribution < -0.4 is 0 Å². The summed E-state index contributed by atoms with van der Waals surface area (Å²) in [5, 5.41) is 0.674. The molecule has 0 saturated heterocycles. The van der Waals surface area contributed by atoms with E-state index in [1.807, 2.05) is 29.8 Å². The predicted octanol–water partition coefficient (Wildman–Crippen LogP) is 3.67. The van der Waals surface area contributed by atoms with Crippen molar-refractivity contribution < 1.29 is 9.53 Å². The van der Waals surface area contributed by atoms with E-state index in [0.717, 1.165) is 29.7 Å². The van der Waals surface area contributed by atoms with Crippen molar-refractivity contribution in [1.29, 1.82) is 0 Å². The predicted molar refractivity (Wildman–Crippen MR) is 82.4 cm³/mol. The SMILES string of the molecule is COC(=O)C(c1nc2ccc(Cl)cc2n1C)C1CCCC1. The van der Waals surface area contributed by atoms with E-state index >= 15 is 0 Å². The Kier molecular flexibility index (Phi) is 3.89. The topological polar surface area (TPSA) is 44.1 Å². The second-order valence-corrected chi connectivity index (χ2v) is 6.14. The molecule has 0 N–H and O–H groups in total. The van der Waals surface area contributed by atoms with E-state index in [-0.39, 0.29) is 11.9 Å². The first kappa shape index (κ1) is 14.4.